The van der Waals surface area contributed by atoms with E-state index in [1.165, 1.54) is 18.9 Å². The van der Waals surface area contributed by atoms with Gasteiger partial charge in [0.05, 0.1) is 0 Å². The minimum absolute atomic E-state index is 0.242. The van der Waals surface area contributed by atoms with Gasteiger partial charge in [0.2, 0.25) is 18.0 Å². The highest BCUT2D eigenvalue weighted by molar-refractivity contribution is 5.96. The Balaban J connectivity index is 1.85. The standard InChI is InChI=1S/C17H15N3O4/c1-11(21)20-17(14-3-5-15(6-4-14)23-12(2)22)24-16(19-20)13-7-9-18-10-8-13/h3-10,17H,1-2H3. The Labute approximate surface area is 138 Å². The monoisotopic (exact) mass is 325 g/mol. The number of carbonyl (C=O) groups is 2. The molecule has 7 heteroatoms. The first kappa shape index (κ1) is 15.7. The van der Waals surface area contributed by atoms with Crippen LogP contribution < -0.4 is 4.74 Å². The zero-order valence-electron chi connectivity index (χ0n) is 13.2. The van der Waals surface area contributed by atoms with E-state index in [2.05, 4.69) is 10.1 Å². The molecular formula is C17H15N3O4. The van der Waals surface area contributed by atoms with Gasteiger partial charge in [-0.3, -0.25) is 14.6 Å². The lowest BCUT2D eigenvalue weighted by molar-refractivity contribution is -0.135. The average molecular weight is 325 g/mol. The minimum atomic E-state index is -0.669. The first-order valence-corrected chi connectivity index (χ1v) is 7.28. The number of ether oxygens (including phenoxy) is 2. The van der Waals surface area contributed by atoms with Crippen molar-refractivity contribution in [1.82, 2.24) is 9.99 Å². The van der Waals surface area contributed by atoms with E-state index < -0.39 is 12.2 Å². The molecule has 1 aliphatic rings. The summed E-state index contributed by atoms with van der Waals surface area (Å²) in [5.41, 5.74) is 1.45. The van der Waals surface area contributed by atoms with Gasteiger partial charge in [0.15, 0.2) is 0 Å². The zero-order valence-corrected chi connectivity index (χ0v) is 13.2. The molecule has 0 bridgehead atoms. The lowest BCUT2D eigenvalue weighted by Crippen LogP contribution is -2.25. The fourth-order valence-electron chi connectivity index (χ4n) is 2.26. The van der Waals surface area contributed by atoms with Gasteiger partial charge < -0.3 is 9.47 Å². The van der Waals surface area contributed by atoms with E-state index in [0.29, 0.717) is 17.2 Å². The van der Waals surface area contributed by atoms with Gasteiger partial charge in [-0.2, -0.15) is 5.01 Å². The summed E-state index contributed by atoms with van der Waals surface area (Å²) in [6.45, 7) is 2.75. The molecule has 0 aliphatic carbocycles. The molecule has 0 radical (unpaired) electrons. The van der Waals surface area contributed by atoms with Crippen molar-refractivity contribution in [3.05, 3.63) is 59.9 Å². The Kier molecular flexibility index (Phi) is 4.24. The van der Waals surface area contributed by atoms with Crippen LogP contribution in [-0.2, 0) is 14.3 Å². The normalized spacial score (nSPS) is 16.3. The predicted molar refractivity (Wildman–Crippen MR) is 84.9 cm³/mol. The molecule has 1 amide bonds. The first-order valence-electron chi connectivity index (χ1n) is 7.28. The molecule has 24 heavy (non-hydrogen) atoms. The van der Waals surface area contributed by atoms with Gasteiger partial charge in [0.1, 0.15) is 5.75 Å². The largest absolute Gasteiger partial charge is 0.446 e. The van der Waals surface area contributed by atoms with E-state index in [4.69, 9.17) is 9.47 Å². The minimum Gasteiger partial charge on any atom is -0.446 e. The number of aromatic nitrogens is 1. The predicted octanol–water partition coefficient (Wildman–Crippen LogP) is 2.25. The summed E-state index contributed by atoms with van der Waals surface area (Å²) in [4.78, 5) is 26.8. The molecule has 7 nitrogen and oxygen atoms in total. The molecule has 0 fully saturated rings. The summed E-state index contributed by atoms with van der Waals surface area (Å²) in [6.07, 6.45) is 2.58. The number of nitrogens with zero attached hydrogens (tertiary/aromatic N) is 3. The second-order valence-corrected chi connectivity index (χ2v) is 5.14. The van der Waals surface area contributed by atoms with Gasteiger partial charge in [-0.15, -0.1) is 5.10 Å². The second kappa shape index (κ2) is 6.49. The van der Waals surface area contributed by atoms with Crippen LogP contribution in [0.1, 0.15) is 31.2 Å². The van der Waals surface area contributed by atoms with Gasteiger partial charge in [-0.05, 0) is 36.4 Å². The van der Waals surface area contributed by atoms with E-state index in [0.717, 1.165) is 5.56 Å². The first-order chi connectivity index (χ1) is 11.5. The van der Waals surface area contributed by atoms with Crippen molar-refractivity contribution < 1.29 is 19.1 Å². The number of esters is 1. The number of pyridine rings is 1. The van der Waals surface area contributed by atoms with E-state index in [-0.39, 0.29) is 5.91 Å². The van der Waals surface area contributed by atoms with Crippen LogP contribution in [0.2, 0.25) is 0 Å². The van der Waals surface area contributed by atoms with Crippen molar-refractivity contribution >= 4 is 17.8 Å². The third kappa shape index (κ3) is 3.24. The number of carbonyl (C=O) groups excluding carboxylic acids is 2. The maximum Gasteiger partial charge on any atom is 0.308 e. The van der Waals surface area contributed by atoms with E-state index >= 15 is 0 Å². The van der Waals surface area contributed by atoms with Crippen molar-refractivity contribution in [3.8, 4) is 5.75 Å². The van der Waals surface area contributed by atoms with Crippen LogP contribution in [0.4, 0.5) is 0 Å². The van der Waals surface area contributed by atoms with Crippen molar-refractivity contribution in [2.24, 2.45) is 5.10 Å². The van der Waals surface area contributed by atoms with Gasteiger partial charge >= 0.3 is 5.97 Å². The fourth-order valence-corrected chi connectivity index (χ4v) is 2.26. The molecule has 0 N–H and O–H groups in total. The van der Waals surface area contributed by atoms with E-state index in [9.17, 15) is 9.59 Å². The van der Waals surface area contributed by atoms with Crippen LogP contribution in [0.3, 0.4) is 0 Å². The summed E-state index contributed by atoms with van der Waals surface area (Å²) in [5, 5.41) is 5.53. The molecule has 122 valence electrons. The highest BCUT2D eigenvalue weighted by Gasteiger charge is 2.33. The number of benzene rings is 1. The van der Waals surface area contributed by atoms with Crippen molar-refractivity contribution in [3.63, 3.8) is 0 Å². The number of hydrogen-bond donors (Lipinski definition) is 0. The fraction of sp³-hybridized carbons (Fsp3) is 0.176. The molecule has 0 saturated carbocycles. The van der Waals surface area contributed by atoms with Crippen molar-refractivity contribution in [1.29, 1.82) is 0 Å². The maximum absolute atomic E-state index is 11.9. The summed E-state index contributed by atoms with van der Waals surface area (Å²) >= 11 is 0. The SMILES string of the molecule is CC(=O)Oc1ccc(C2OC(c3ccncc3)=NN2C(C)=O)cc1. The Morgan fingerprint density at radius 2 is 1.75 bits per heavy atom. The number of rotatable bonds is 3. The molecule has 2 aromatic rings. The van der Waals surface area contributed by atoms with Gasteiger partial charge in [0.25, 0.3) is 0 Å². The van der Waals surface area contributed by atoms with Crippen LogP contribution in [0.15, 0.2) is 53.9 Å². The quantitative estimate of drug-likeness (QED) is 0.638. The molecular weight excluding hydrogens is 310 g/mol. The van der Waals surface area contributed by atoms with Gasteiger partial charge in [0, 0.05) is 37.4 Å². The molecule has 1 aromatic heterocycles. The zero-order chi connectivity index (χ0) is 17.1. The van der Waals surface area contributed by atoms with Crippen LogP contribution in [0, 0.1) is 0 Å². The Morgan fingerprint density at radius 1 is 1.08 bits per heavy atom. The molecule has 1 unspecified atom stereocenters. The number of hydrogen-bond acceptors (Lipinski definition) is 6. The van der Waals surface area contributed by atoms with Crippen LogP contribution >= 0.6 is 0 Å². The van der Waals surface area contributed by atoms with Crippen molar-refractivity contribution in [2.75, 3.05) is 0 Å². The smallest absolute Gasteiger partial charge is 0.308 e. The molecule has 1 aliphatic heterocycles. The third-order valence-corrected chi connectivity index (χ3v) is 3.32. The summed E-state index contributed by atoms with van der Waals surface area (Å²) in [5.74, 6) is 0.136. The summed E-state index contributed by atoms with van der Waals surface area (Å²) in [7, 11) is 0. The number of hydrazone groups is 1. The lowest BCUT2D eigenvalue weighted by atomic mass is 10.2. The Morgan fingerprint density at radius 3 is 2.33 bits per heavy atom. The lowest BCUT2D eigenvalue weighted by Gasteiger charge is -2.19. The molecule has 0 saturated heterocycles. The highest BCUT2D eigenvalue weighted by atomic mass is 16.5. The Hall–Kier alpha value is -3.22. The van der Waals surface area contributed by atoms with Crippen LogP contribution in [-0.4, -0.2) is 27.8 Å². The van der Waals surface area contributed by atoms with Crippen LogP contribution in [0.5, 0.6) is 5.75 Å². The van der Waals surface area contributed by atoms with E-state index in [1.807, 2.05) is 0 Å². The molecule has 1 aromatic carbocycles. The van der Waals surface area contributed by atoms with E-state index in [1.54, 1.807) is 48.8 Å². The second-order valence-electron chi connectivity index (χ2n) is 5.14. The average Bonchev–Trinajstić information content (AvgIpc) is 3.01. The topological polar surface area (TPSA) is 81.1 Å². The molecule has 2 heterocycles. The Bertz CT molecular complexity index is 787. The molecule has 1 atom stereocenters. The highest BCUT2D eigenvalue weighted by Crippen LogP contribution is 2.31. The molecule has 3 rings (SSSR count). The maximum atomic E-state index is 11.9. The molecule has 0 spiro atoms. The number of amides is 1. The third-order valence-electron chi connectivity index (χ3n) is 3.32. The summed E-state index contributed by atoms with van der Waals surface area (Å²) in [6, 6.07) is 10.2. The van der Waals surface area contributed by atoms with Gasteiger partial charge in [-0.25, -0.2) is 0 Å². The van der Waals surface area contributed by atoms with Gasteiger partial charge in [-0.1, -0.05) is 0 Å². The van der Waals surface area contributed by atoms with Crippen LogP contribution in [0.25, 0.3) is 0 Å². The van der Waals surface area contributed by atoms with Crippen molar-refractivity contribution in [2.45, 2.75) is 20.1 Å². The summed E-state index contributed by atoms with van der Waals surface area (Å²) < 4.78 is 10.8.